The van der Waals surface area contributed by atoms with E-state index in [0.717, 1.165) is 0 Å². The summed E-state index contributed by atoms with van der Waals surface area (Å²) in [5.74, 6) is 4.34. The summed E-state index contributed by atoms with van der Waals surface area (Å²) in [6.07, 6.45) is 4.84. The van der Waals surface area contributed by atoms with Crippen LogP contribution in [0.2, 0.25) is 0 Å². The Balaban J connectivity index is 1.98. The number of benzene rings is 1. The highest BCUT2D eigenvalue weighted by molar-refractivity contribution is 8.16. The number of thiol groups is 1. The van der Waals surface area contributed by atoms with Gasteiger partial charge >= 0.3 is 0 Å². The molecule has 0 bridgehead atoms. The average Bonchev–Trinajstić information content (AvgIpc) is 2.72. The number of hydrogen-bond donors (Lipinski definition) is 1. The summed E-state index contributed by atoms with van der Waals surface area (Å²) in [5, 5.41) is 0. The Morgan fingerprint density at radius 3 is 2.36 bits per heavy atom. The Labute approximate surface area is 89.4 Å². The topological polar surface area (TPSA) is 0 Å². The number of rotatable bonds is 3. The first-order chi connectivity index (χ1) is 6.88. The van der Waals surface area contributed by atoms with Crippen LogP contribution in [0.5, 0.6) is 0 Å². The molecule has 0 nitrogen and oxygen atoms in total. The molecule has 0 radical (unpaired) electrons. The molecule has 0 unspecified atom stereocenters. The van der Waals surface area contributed by atoms with Crippen LogP contribution in [0.25, 0.3) is 6.08 Å². The maximum Gasteiger partial charge on any atom is 0.0000517 e. The monoisotopic (exact) mass is 206 g/mol. The largest absolute Gasteiger partial charge is 0.249 e. The lowest BCUT2D eigenvalue weighted by Crippen LogP contribution is -1.89. The summed E-state index contributed by atoms with van der Waals surface area (Å²) in [4.78, 5) is 0. The van der Waals surface area contributed by atoms with Crippen molar-refractivity contribution < 1.29 is 0 Å². The van der Waals surface area contributed by atoms with E-state index >= 15 is 0 Å². The smallest absolute Gasteiger partial charge is 0.0000517 e. The molecule has 1 aliphatic rings. The number of hydrogen-bond acceptors (Lipinski definition) is 0. The van der Waals surface area contributed by atoms with E-state index in [1.807, 2.05) is 6.08 Å². The lowest BCUT2D eigenvalue weighted by atomic mass is 10.1. The normalized spacial score (nSPS) is 18.4. The van der Waals surface area contributed by atoms with Crippen LogP contribution < -0.4 is 0 Å². The zero-order chi connectivity index (χ0) is 9.80. The molecule has 1 aromatic rings. The average molecular weight is 206 g/mol. The second kappa shape index (κ2) is 4.70. The molecule has 1 saturated heterocycles. The van der Waals surface area contributed by atoms with Gasteiger partial charge < -0.3 is 0 Å². The van der Waals surface area contributed by atoms with Gasteiger partial charge in [-0.2, -0.15) is 0 Å². The highest BCUT2D eigenvalue weighted by atomic mass is 32.2. The molecule has 0 spiro atoms. The third kappa shape index (κ3) is 2.42. The second-order valence-electron chi connectivity index (χ2n) is 3.93. The lowest BCUT2D eigenvalue weighted by Gasteiger charge is -2.13. The van der Waals surface area contributed by atoms with Crippen LogP contribution in [0.4, 0.5) is 0 Å². The SMILES string of the molecule is C=Cc1ccc(C[SH]2CCCC2)cc1. The maximum atomic E-state index is 3.77. The molecule has 1 aromatic carbocycles. The Bertz CT molecular complexity index is 294. The standard InChI is InChI=1S/C13H18S/c1-2-12-5-7-13(8-6-12)11-14-9-3-4-10-14/h2,5-8,14H,1,3-4,9-11H2. The fraction of sp³-hybridized carbons (Fsp3) is 0.385. The summed E-state index contributed by atoms with van der Waals surface area (Å²) in [5.41, 5.74) is 2.75. The van der Waals surface area contributed by atoms with E-state index in [1.54, 1.807) is 0 Å². The third-order valence-electron chi connectivity index (χ3n) is 2.82. The van der Waals surface area contributed by atoms with Gasteiger partial charge in [-0.05, 0) is 35.5 Å². The minimum atomic E-state index is 0.339. The third-order valence-corrected chi connectivity index (χ3v) is 5.53. The van der Waals surface area contributed by atoms with Crippen molar-refractivity contribution in [1.29, 1.82) is 0 Å². The molecule has 0 atom stereocenters. The summed E-state index contributed by atoms with van der Waals surface area (Å²) in [6, 6.07) is 8.87. The second-order valence-corrected chi connectivity index (χ2v) is 6.48. The van der Waals surface area contributed by atoms with Gasteiger partial charge in [0.25, 0.3) is 0 Å². The predicted molar refractivity (Wildman–Crippen MR) is 68.2 cm³/mol. The van der Waals surface area contributed by atoms with Gasteiger partial charge in [0.1, 0.15) is 0 Å². The summed E-state index contributed by atoms with van der Waals surface area (Å²) < 4.78 is 0. The van der Waals surface area contributed by atoms with Gasteiger partial charge in [0.05, 0.1) is 0 Å². The van der Waals surface area contributed by atoms with Gasteiger partial charge in [0, 0.05) is 5.75 Å². The van der Waals surface area contributed by atoms with Crippen molar-refractivity contribution in [2.24, 2.45) is 0 Å². The fourth-order valence-corrected chi connectivity index (χ4v) is 4.57. The molecule has 0 saturated carbocycles. The molecule has 1 fully saturated rings. The van der Waals surface area contributed by atoms with Crippen LogP contribution in [0.3, 0.4) is 0 Å². The van der Waals surface area contributed by atoms with Crippen molar-refractivity contribution in [1.82, 2.24) is 0 Å². The molecule has 1 heterocycles. The Morgan fingerprint density at radius 1 is 1.14 bits per heavy atom. The van der Waals surface area contributed by atoms with Gasteiger partial charge in [0.15, 0.2) is 0 Å². The first-order valence-electron chi connectivity index (χ1n) is 5.32. The van der Waals surface area contributed by atoms with Crippen molar-refractivity contribution >= 4 is 17.0 Å². The van der Waals surface area contributed by atoms with Crippen LogP contribution in [-0.2, 0) is 5.75 Å². The van der Waals surface area contributed by atoms with Crippen LogP contribution in [0.1, 0.15) is 24.0 Å². The minimum Gasteiger partial charge on any atom is -0.249 e. The fourth-order valence-electron chi connectivity index (χ4n) is 1.96. The molecule has 0 aromatic heterocycles. The summed E-state index contributed by atoms with van der Waals surface area (Å²) in [7, 11) is 0.339. The lowest BCUT2D eigenvalue weighted by molar-refractivity contribution is 0.949. The van der Waals surface area contributed by atoms with E-state index in [1.165, 1.54) is 41.2 Å². The Morgan fingerprint density at radius 2 is 1.79 bits per heavy atom. The predicted octanol–water partition coefficient (Wildman–Crippen LogP) is 3.62. The summed E-state index contributed by atoms with van der Waals surface area (Å²) >= 11 is 0. The van der Waals surface area contributed by atoms with Gasteiger partial charge in [-0.15, -0.1) is 0 Å². The molecular formula is C13H18S. The van der Waals surface area contributed by atoms with E-state index in [0.29, 0.717) is 10.9 Å². The van der Waals surface area contributed by atoms with Crippen molar-refractivity contribution in [3.63, 3.8) is 0 Å². The van der Waals surface area contributed by atoms with Gasteiger partial charge in [-0.25, -0.2) is 10.9 Å². The molecule has 2 rings (SSSR count). The molecule has 0 aliphatic carbocycles. The van der Waals surface area contributed by atoms with Gasteiger partial charge in [0.2, 0.25) is 0 Å². The molecule has 76 valence electrons. The van der Waals surface area contributed by atoms with E-state index < -0.39 is 0 Å². The van der Waals surface area contributed by atoms with Crippen LogP contribution in [0, 0.1) is 0 Å². The summed E-state index contributed by atoms with van der Waals surface area (Å²) in [6.45, 7) is 3.77. The first-order valence-corrected chi connectivity index (χ1v) is 7.22. The van der Waals surface area contributed by atoms with E-state index in [9.17, 15) is 0 Å². The highest BCUT2D eigenvalue weighted by Gasteiger charge is 2.10. The van der Waals surface area contributed by atoms with Crippen LogP contribution in [-0.4, -0.2) is 11.5 Å². The van der Waals surface area contributed by atoms with Crippen molar-refractivity contribution in [3.05, 3.63) is 42.0 Å². The van der Waals surface area contributed by atoms with E-state index in [4.69, 9.17) is 0 Å². The molecule has 0 amide bonds. The van der Waals surface area contributed by atoms with Crippen LogP contribution >= 0.6 is 10.9 Å². The molecular weight excluding hydrogens is 188 g/mol. The zero-order valence-corrected chi connectivity index (χ0v) is 9.47. The quantitative estimate of drug-likeness (QED) is 0.717. The van der Waals surface area contributed by atoms with Crippen molar-refractivity contribution in [3.8, 4) is 0 Å². The molecule has 14 heavy (non-hydrogen) atoms. The molecule has 1 aliphatic heterocycles. The van der Waals surface area contributed by atoms with Gasteiger partial charge in [-0.3, -0.25) is 0 Å². The van der Waals surface area contributed by atoms with Crippen molar-refractivity contribution in [2.75, 3.05) is 11.5 Å². The zero-order valence-electron chi connectivity index (χ0n) is 8.58. The Hall–Kier alpha value is -0.690. The molecule has 0 N–H and O–H groups in total. The maximum absolute atomic E-state index is 3.77. The highest BCUT2D eigenvalue weighted by Crippen LogP contribution is 2.37. The van der Waals surface area contributed by atoms with Crippen molar-refractivity contribution in [2.45, 2.75) is 18.6 Å². The minimum absolute atomic E-state index is 0.339. The van der Waals surface area contributed by atoms with E-state index in [-0.39, 0.29) is 0 Å². The van der Waals surface area contributed by atoms with E-state index in [2.05, 4.69) is 30.8 Å². The Kier molecular flexibility index (Phi) is 3.30. The van der Waals surface area contributed by atoms with Gasteiger partial charge in [-0.1, -0.05) is 36.9 Å². The first kappa shape index (κ1) is 9.85. The van der Waals surface area contributed by atoms with Crippen LogP contribution in [0.15, 0.2) is 30.8 Å². The molecule has 1 heteroatoms.